The molecule has 17 heavy (non-hydrogen) atoms. The van der Waals surface area contributed by atoms with Crippen molar-refractivity contribution in [1.82, 2.24) is 0 Å². The van der Waals surface area contributed by atoms with Crippen molar-refractivity contribution < 1.29 is 13.5 Å². The quantitative estimate of drug-likeness (QED) is 0.803. The van der Waals surface area contributed by atoms with Crippen molar-refractivity contribution >= 4 is 15.7 Å². The molecule has 0 aromatic heterocycles. The van der Waals surface area contributed by atoms with Crippen LogP contribution in [0.4, 0.5) is 5.69 Å². The second-order valence-corrected chi connectivity index (χ2v) is 5.87. The zero-order chi connectivity index (χ0) is 13.2. The topological polar surface area (TPSA) is 90.2 Å². The van der Waals surface area contributed by atoms with Crippen LogP contribution in [0.2, 0.25) is 0 Å². The molecule has 2 N–H and O–H groups in total. The van der Waals surface area contributed by atoms with E-state index >= 15 is 0 Å². The predicted octanol–water partition coefficient (Wildman–Crippen LogP) is 1.66. The van der Waals surface area contributed by atoms with E-state index in [1.807, 2.05) is 0 Å². The lowest BCUT2D eigenvalue weighted by Crippen LogP contribution is -2.24. The highest BCUT2D eigenvalue weighted by Gasteiger charge is 2.21. The van der Waals surface area contributed by atoms with Gasteiger partial charge in [0.15, 0.2) is 5.25 Å². The Labute approximate surface area is 101 Å². The molecule has 1 atom stereocenters. The molecular weight excluding hydrogens is 240 g/mol. The molecule has 0 amide bonds. The van der Waals surface area contributed by atoms with Gasteiger partial charge in [0.25, 0.3) is 0 Å². The summed E-state index contributed by atoms with van der Waals surface area (Å²) in [5.41, 5.74) is 1.54. The minimum absolute atomic E-state index is 0.110. The van der Waals surface area contributed by atoms with E-state index in [2.05, 4.69) is 4.72 Å². The molecular formula is C11H14N2O3S. The molecule has 1 aromatic carbocycles. The average Bonchev–Trinajstić information content (AvgIpc) is 2.24. The summed E-state index contributed by atoms with van der Waals surface area (Å²) < 4.78 is 25.7. The molecule has 0 saturated heterocycles. The third kappa shape index (κ3) is 2.88. The predicted molar refractivity (Wildman–Crippen MR) is 65.2 cm³/mol. The number of hydrogen-bond donors (Lipinski definition) is 2. The van der Waals surface area contributed by atoms with E-state index in [9.17, 15) is 13.5 Å². The van der Waals surface area contributed by atoms with E-state index in [1.165, 1.54) is 19.1 Å². The Hall–Kier alpha value is -1.74. The Morgan fingerprint density at radius 2 is 1.94 bits per heavy atom. The number of phenols is 1. The first-order chi connectivity index (χ1) is 7.77. The number of nitrogens with one attached hydrogen (secondary N) is 1. The molecule has 0 radical (unpaired) electrons. The Morgan fingerprint density at radius 3 is 2.47 bits per heavy atom. The zero-order valence-corrected chi connectivity index (χ0v) is 10.7. The minimum Gasteiger partial charge on any atom is -0.508 e. The number of aromatic hydroxyl groups is 1. The van der Waals surface area contributed by atoms with E-state index in [0.717, 1.165) is 0 Å². The second kappa shape index (κ2) is 4.63. The lowest BCUT2D eigenvalue weighted by molar-refractivity contribution is 0.471. The van der Waals surface area contributed by atoms with Gasteiger partial charge in [0.05, 0.1) is 11.8 Å². The summed E-state index contributed by atoms with van der Waals surface area (Å²) in [5.74, 6) is 0.110. The first-order valence-corrected chi connectivity index (χ1v) is 6.54. The van der Waals surface area contributed by atoms with E-state index in [4.69, 9.17) is 5.26 Å². The van der Waals surface area contributed by atoms with Crippen molar-refractivity contribution in [3.8, 4) is 11.8 Å². The van der Waals surface area contributed by atoms with Crippen molar-refractivity contribution in [2.75, 3.05) is 4.72 Å². The van der Waals surface area contributed by atoms with E-state index in [-0.39, 0.29) is 5.75 Å². The van der Waals surface area contributed by atoms with Gasteiger partial charge < -0.3 is 5.11 Å². The van der Waals surface area contributed by atoms with Gasteiger partial charge in [-0.15, -0.1) is 0 Å². The van der Waals surface area contributed by atoms with Crippen LogP contribution >= 0.6 is 0 Å². The summed E-state index contributed by atoms with van der Waals surface area (Å²) >= 11 is 0. The Morgan fingerprint density at radius 1 is 1.35 bits per heavy atom. The maximum atomic E-state index is 11.7. The molecule has 0 aliphatic rings. The summed E-state index contributed by atoms with van der Waals surface area (Å²) in [7, 11) is -3.71. The number of benzene rings is 1. The first-order valence-electron chi connectivity index (χ1n) is 4.99. The van der Waals surface area contributed by atoms with E-state index in [1.54, 1.807) is 19.9 Å². The SMILES string of the molecule is Cc1cc(NS(=O)(=O)C(C)C#N)c(C)cc1O. The van der Waals surface area contributed by atoms with Crippen molar-refractivity contribution in [2.24, 2.45) is 0 Å². The third-order valence-corrected chi connectivity index (χ3v) is 3.98. The van der Waals surface area contributed by atoms with Gasteiger partial charge in [0.1, 0.15) is 5.75 Å². The Bertz CT molecular complexity index is 573. The van der Waals surface area contributed by atoms with Crippen molar-refractivity contribution in [3.05, 3.63) is 23.3 Å². The number of hydrogen-bond acceptors (Lipinski definition) is 4. The Balaban J connectivity index is 3.14. The van der Waals surface area contributed by atoms with E-state index < -0.39 is 15.3 Å². The van der Waals surface area contributed by atoms with Crippen LogP contribution in [-0.4, -0.2) is 18.8 Å². The number of nitriles is 1. The fourth-order valence-corrected chi connectivity index (χ4v) is 2.06. The van der Waals surface area contributed by atoms with Gasteiger partial charge in [0, 0.05) is 0 Å². The number of nitrogens with zero attached hydrogens (tertiary/aromatic N) is 1. The molecule has 0 spiro atoms. The largest absolute Gasteiger partial charge is 0.508 e. The molecule has 0 aliphatic carbocycles. The fourth-order valence-electron chi connectivity index (χ4n) is 1.22. The number of phenolic OH excluding ortho intramolecular Hbond substituents is 1. The summed E-state index contributed by atoms with van der Waals surface area (Å²) in [5, 5.41) is 16.9. The number of sulfonamides is 1. The highest BCUT2D eigenvalue weighted by molar-refractivity contribution is 7.93. The zero-order valence-electron chi connectivity index (χ0n) is 9.85. The van der Waals surface area contributed by atoms with Crippen LogP contribution in [0.3, 0.4) is 0 Å². The van der Waals surface area contributed by atoms with Crippen LogP contribution in [0.15, 0.2) is 12.1 Å². The highest BCUT2D eigenvalue weighted by atomic mass is 32.2. The van der Waals surface area contributed by atoms with Gasteiger partial charge in [-0.3, -0.25) is 4.72 Å². The van der Waals surface area contributed by atoms with Crippen molar-refractivity contribution in [1.29, 1.82) is 5.26 Å². The number of rotatable bonds is 3. The smallest absolute Gasteiger partial charge is 0.248 e. The molecule has 92 valence electrons. The van der Waals surface area contributed by atoms with Crippen LogP contribution in [0.5, 0.6) is 5.75 Å². The van der Waals surface area contributed by atoms with Crippen LogP contribution in [0.25, 0.3) is 0 Å². The summed E-state index contributed by atoms with van der Waals surface area (Å²) in [6.07, 6.45) is 0. The summed E-state index contributed by atoms with van der Waals surface area (Å²) in [4.78, 5) is 0. The highest BCUT2D eigenvalue weighted by Crippen LogP contribution is 2.26. The normalized spacial score (nSPS) is 12.8. The molecule has 0 aliphatic heterocycles. The standard InChI is InChI=1S/C11H14N2O3S/c1-7-5-11(14)8(2)4-10(7)13-17(15,16)9(3)6-12/h4-5,9,13-14H,1-3H3. The summed E-state index contributed by atoms with van der Waals surface area (Å²) in [6, 6.07) is 4.68. The molecule has 0 bridgehead atoms. The molecule has 0 heterocycles. The van der Waals surface area contributed by atoms with Gasteiger partial charge in [0.2, 0.25) is 10.0 Å². The van der Waals surface area contributed by atoms with Gasteiger partial charge in [-0.2, -0.15) is 5.26 Å². The minimum atomic E-state index is -3.71. The average molecular weight is 254 g/mol. The Kier molecular flexibility index (Phi) is 3.63. The number of aryl methyl sites for hydroxylation is 2. The fraction of sp³-hybridized carbons (Fsp3) is 0.364. The molecule has 1 rings (SSSR count). The molecule has 0 fully saturated rings. The lowest BCUT2D eigenvalue weighted by Gasteiger charge is -2.13. The maximum Gasteiger partial charge on any atom is 0.248 e. The van der Waals surface area contributed by atoms with Crippen LogP contribution in [0, 0.1) is 25.2 Å². The van der Waals surface area contributed by atoms with Crippen molar-refractivity contribution in [3.63, 3.8) is 0 Å². The second-order valence-electron chi connectivity index (χ2n) is 3.87. The molecule has 1 aromatic rings. The molecule has 6 heteroatoms. The van der Waals surface area contributed by atoms with Crippen LogP contribution in [0.1, 0.15) is 18.1 Å². The maximum absolute atomic E-state index is 11.7. The number of anilines is 1. The lowest BCUT2D eigenvalue weighted by atomic mass is 10.1. The first kappa shape index (κ1) is 13.3. The van der Waals surface area contributed by atoms with E-state index in [0.29, 0.717) is 16.8 Å². The molecule has 0 saturated carbocycles. The molecule has 1 unspecified atom stereocenters. The van der Waals surface area contributed by atoms with Crippen LogP contribution < -0.4 is 4.72 Å². The van der Waals surface area contributed by atoms with Gasteiger partial charge in [-0.05, 0) is 44.0 Å². The van der Waals surface area contributed by atoms with Gasteiger partial charge in [-0.1, -0.05) is 0 Å². The monoisotopic (exact) mass is 254 g/mol. The van der Waals surface area contributed by atoms with Gasteiger partial charge >= 0.3 is 0 Å². The van der Waals surface area contributed by atoms with Crippen molar-refractivity contribution in [2.45, 2.75) is 26.0 Å². The van der Waals surface area contributed by atoms with Gasteiger partial charge in [-0.25, -0.2) is 8.42 Å². The molecule has 5 nitrogen and oxygen atoms in total. The third-order valence-electron chi connectivity index (χ3n) is 2.44. The summed E-state index contributed by atoms with van der Waals surface area (Å²) in [6.45, 7) is 4.65. The van der Waals surface area contributed by atoms with Crippen LogP contribution in [-0.2, 0) is 10.0 Å².